The first-order chi connectivity index (χ1) is 12.9. The summed E-state index contributed by atoms with van der Waals surface area (Å²) in [5.74, 6) is -0.429. The number of H-pyrrole nitrogens is 1. The first-order valence-electron chi connectivity index (χ1n) is 8.92. The summed E-state index contributed by atoms with van der Waals surface area (Å²) < 4.78 is 1.68. The maximum atomic E-state index is 12.5. The van der Waals surface area contributed by atoms with Crippen LogP contribution in [-0.2, 0) is 11.3 Å². The van der Waals surface area contributed by atoms with Crippen LogP contribution in [0.2, 0.25) is 0 Å². The molecule has 1 aromatic heterocycles. The summed E-state index contributed by atoms with van der Waals surface area (Å²) in [4.78, 5) is 27.2. The molecule has 1 atom stereocenters. The van der Waals surface area contributed by atoms with Gasteiger partial charge in [-0.2, -0.15) is 5.10 Å². The van der Waals surface area contributed by atoms with Crippen molar-refractivity contribution in [2.24, 2.45) is 5.10 Å². The molecule has 7 nitrogen and oxygen atoms in total. The molecule has 0 unspecified atom stereocenters. The first-order valence-corrected chi connectivity index (χ1v) is 9.33. The number of nitrogens with one attached hydrogen (secondary N) is 1. The van der Waals surface area contributed by atoms with Crippen molar-refractivity contribution in [2.45, 2.75) is 45.7 Å². The van der Waals surface area contributed by atoms with E-state index in [1.807, 2.05) is 37.3 Å². The number of hydrogen-bond donors (Lipinski definition) is 2. The van der Waals surface area contributed by atoms with Gasteiger partial charge in [-0.15, -0.1) is 0 Å². The molecule has 1 aliphatic heterocycles. The van der Waals surface area contributed by atoms with E-state index >= 15 is 0 Å². The van der Waals surface area contributed by atoms with Crippen molar-refractivity contribution in [3.05, 3.63) is 56.6 Å². The molecule has 0 aliphatic carbocycles. The number of hydrogen-bond acceptors (Lipinski definition) is 5. The number of unbranched alkanes of at least 4 members (excludes halogenated alkanes) is 1. The third-order valence-corrected chi connectivity index (χ3v) is 4.94. The Bertz CT molecular complexity index is 994. The van der Waals surface area contributed by atoms with Crippen molar-refractivity contribution in [3.8, 4) is 5.88 Å². The van der Waals surface area contributed by atoms with E-state index in [1.54, 1.807) is 0 Å². The lowest BCUT2D eigenvalue weighted by atomic mass is 9.99. The van der Waals surface area contributed by atoms with Gasteiger partial charge in [0.2, 0.25) is 11.8 Å². The molecule has 0 bridgehead atoms. The lowest BCUT2D eigenvalue weighted by molar-refractivity contribution is -0.130. The average Bonchev–Trinajstić information content (AvgIpc) is 3.07. The van der Waals surface area contributed by atoms with E-state index in [2.05, 4.69) is 10.1 Å². The maximum Gasteiger partial charge on any atom is 0.264 e. The van der Waals surface area contributed by atoms with Gasteiger partial charge >= 0.3 is 0 Å². The number of amides is 1. The summed E-state index contributed by atoms with van der Waals surface area (Å²) >= 11 is 5.18. The van der Waals surface area contributed by atoms with Crippen molar-refractivity contribution >= 4 is 23.8 Å². The molecule has 0 spiro atoms. The third kappa shape index (κ3) is 3.71. The molecular weight excluding hydrogens is 364 g/mol. The SMILES string of the molecule is CCCCn1c(O)c(C2=NN(C(C)=O)[C@@H](c3ccccc3)C2)c(=O)[nH]c1=S. The number of aromatic nitrogens is 2. The number of benzene rings is 1. The normalized spacial score (nSPS) is 16.4. The van der Waals surface area contributed by atoms with Crippen LogP contribution < -0.4 is 5.56 Å². The lowest BCUT2D eigenvalue weighted by Gasteiger charge is -2.20. The molecule has 0 saturated heterocycles. The Morgan fingerprint density at radius 1 is 1.37 bits per heavy atom. The predicted molar refractivity (Wildman–Crippen MR) is 105 cm³/mol. The van der Waals surface area contributed by atoms with Crippen LogP contribution in [0, 0.1) is 4.77 Å². The number of rotatable bonds is 5. The van der Waals surface area contributed by atoms with Crippen LogP contribution in [0.15, 0.2) is 40.2 Å². The largest absolute Gasteiger partial charge is 0.494 e. The van der Waals surface area contributed by atoms with Gasteiger partial charge in [0.05, 0.1) is 11.8 Å². The fraction of sp³-hybridized carbons (Fsp3) is 0.368. The number of hydrazone groups is 1. The summed E-state index contributed by atoms with van der Waals surface area (Å²) in [6.07, 6.45) is 2.07. The standard InChI is InChI=1S/C19H22N4O3S/c1-3-4-10-22-18(26)16(17(25)20-19(22)27)14-11-15(23(21-14)12(2)24)13-8-6-5-7-9-13/h5-9,15,26H,3-4,10-11H2,1-2H3,(H,20,25,27)/t15-/m1/s1. The molecule has 8 heteroatoms. The molecule has 2 N–H and O–H groups in total. The van der Waals surface area contributed by atoms with Gasteiger partial charge in [0.25, 0.3) is 5.56 Å². The summed E-state index contributed by atoms with van der Waals surface area (Å²) in [7, 11) is 0. The Labute approximate surface area is 162 Å². The number of aromatic amines is 1. The highest BCUT2D eigenvalue weighted by Crippen LogP contribution is 2.33. The molecule has 142 valence electrons. The van der Waals surface area contributed by atoms with Crippen LogP contribution in [0.1, 0.15) is 50.3 Å². The lowest BCUT2D eigenvalue weighted by Crippen LogP contribution is -2.24. The predicted octanol–water partition coefficient (Wildman–Crippen LogP) is 3.11. The molecule has 27 heavy (non-hydrogen) atoms. The Balaban J connectivity index is 2.06. The molecule has 3 rings (SSSR count). The highest BCUT2D eigenvalue weighted by Gasteiger charge is 2.34. The van der Waals surface area contributed by atoms with Gasteiger partial charge in [-0.05, 0) is 24.2 Å². The fourth-order valence-electron chi connectivity index (χ4n) is 3.23. The molecule has 0 saturated carbocycles. The van der Waals surface area contributed by atoms with Crippen LogP contribution in [0.4, 0.5) is 0 Å². The van der Waals surface area contributed by atoms with Gasteiger partial charge in [0, 0.05) is 19.9 Å². The van der Waals surface area contributed by atoms with Crippen LogP contribution in [0.25, 0.3) is 0 Å². The Morgan fingerprint density at radius 3 is 2.70 bits per heavy atom. The molecule has 1 aliphatic rings. The number of nitrogens with zero attached hydrogens (tertiary/aromatic N) is 3. The summed E-state index contributed by atoms with van der Waals surface area (Å²) in [5.41, 5.74) is 0.866. The van der Waals surface area contributed by atoms with E-state index in [4.69, 9.17) is 12.2 Å². The maximum absolute atomic E-state index is 12.5. The average molecular weight is 386 g/mol. The third-order valence-electron chi connectivity index (χ3n) is 4.61. The second-order valence-corrected chi connectivity index (χ2v) is 6.89. The van der Waals surface area contributed by atoms with Crippen molar-refractivity contribution in [2.75, 3.05) is 0 Å². The summed E-state index contributed by atoms with van der Waals surface area (Å²) in [5, 5.41) is 16.4. The zero-order valence-corrected chi connectivity index (χ0v) is 16.1. The minimum Gasteiger partial charge on any atom is -0.494 e. The molecule has 2 heterocycles. The highest BCUT2D eigenvalue weighted by molar-refractivity contribution is 7.71. The number of carbonyl (C=O) groups excluding carboxylic acids is 1. The van der Waals surface area contributed by atoms with Gasteiger partial charge in [-0.3, -0.25) is 19.1 Å². The second-order valence-electron chi connectivity index (χ2n) is 6.50. The molecule has 1 amide bonds. The van der Waals surface area contributed by atoms with Crippen molar-refractivity contribution < 1.29 is 9.90 Å². The zero-order valence-electron chi connectivity index (χ0n) is 15.3. The molecule has 0 radical (unpaired) electrons. The van der Waals surface area contributed by atoms with Crippen LogP contribution >= 0.6 is 12.2 Å². The summed E-state index contributed by atoms with van der Waals surface area (Å²) in [6.45, 7) is 3.96. The van der Waals surface area contributed by atoms with E-state index in [9.17, 15) is 14.7 Å². The van der Waals surface area contributed by atoms with Crippen molar-refractivity contribution in [1.82, 2.24) is 14.6 Å². The van der Waals surface area contributed by atoms with E-state index in [1.165, 1.54) is 16.5 Å². The molecule has 1 aromatic carbocycles. The Hall–Kier alpha value is -2.74. The fourth-order valence-corrected chi connectivity index (χ4v) is 3.50. The topological polar surface area (TPSA) is 90.7 Å². The van der Waals surface area contributed by atoms with Crippen molar-refractivity contribution in [3.63, 3.8) is 0 Å². The quantitative estimate of drug-likeness (QED) is 0.773. The minimum atomic E-state index is -0.499. The van der Waals surface area contributed by atoms with Crippen LogP contribution in [-0.4, -0.2) is 31.3 Å². The zero-order chi connectivity index (χ0) is 19.6. The van der Waals surface area contributed by atoms with Gasteiger partial charge in [0.15, 0.2) is 4.77 Å². The smallest absolute Gasteiger partial charge is 0.264 e. The van der Waals surface area contributed by atoms with Gasteiger partial charge in [-0.1, -0.05) is 43.7 Å². The van der Waals surface area contributed by atoms with E-state index in [0.717, 1.165) is 18.4 Å². The van der Waals surface area contributed by atoms with Gasteiger partial charge in [-0.25, -0.2) is 5.01 Å². The second kappa shape index (κ2) is 7.87. The minimum absolute atomic E-state index is 0.0735. The monoisotopic (exact) mass is 386 g/mol. The number of carbonyl (C=O) groups is 1. The van der Waals surface area contributed by atoms with Gasteiger partial charge < -0.3 is 5.11 Å². The van der Waals surface area contributed by atoms with E-state index < -0.39 is 5.56 Å². The Morgan fingerprint density at radius 2 is 2.07 bits per heavy atom. The van der Waals surface area contributed by atoms with Gasteiger partial charge in [0.1, 0.15) is 5.56 Å². The molecule has 0 fully saturated rings. The first kappa shape index (κ1) is 19.0. The van der Waals surface area contributed by atoms with Crippen LogP contribution in [0.3, 0.4) is 0 Å². The van der Waals surface area contributed by atoms with Crippen LogP contribution in [0.5, 0.6) is 5.88 Å². The van der Waals surface area contributed by atoms with E-state index in [0.29, 0.717) is 18.7 Å². The highest BCUT2D eigenvalue weighted by atomic mass is 32.1. The molecular formula is C19H22N4O3S. The Kier molecular flexibility index (Phi) is 5.55. The van der Waals surface area contributed by atoms with E-state index in [-0.39, 0.29) is 28.2 Å². The number of aromatic hydroxyl groups is 1. The summed E-state index contributed by atoms with van der Waals surface area (Å²) in [6, 6.07) is 9.19. The molecule has 2 aromatic rings. The van der Waals surface area contributed by atoms with Crippen molar-refractivity contribution in [1.29, 1.82) is 0 Å².